The van der Waals surface area contributed by atoms with Crippen molar-refractivity contribution < 1.29 is 9.47 Å². The fraction of sp³-hybridized carbons (Fsp3) is 0.800. The summed E-state index contributed by atoms with van der Waals surface area (Å²) >= 11 is 1.76. The van der Waals surface area contributed by atoms with Gasteiger partial charge in [-0.25, -0.2) is 4.98 Å². The molecular weight excluding hydrogens is 286 g/mol. The summed E-state index contributed by atoms with van der Waals surface area (Å²) in [5, 5.41) is 4.54. The first-order valence-electron chi connectivity index (χ1n) is 7.68. The molecule has 0 spiro atoms. The van der Waals surface area contributed by atoms with Crippen molar-refractivity contribution in [1.29, 1.82) is 0 Å². The Labute approximate surface area is 131 Å². The summed E-state index contributed by atoms with van der Waals surface area (Å²) in [5.74, 6) is 0. The zero-order valence-electron chi connectivity index (χ0n) is 13.5. The summed E-state index contributed by atoms with van der Waals surface area (Å²) in [6.07, 6.45) is 0.104. The molecule has 1 N–H and O–H groups in total. The first kappa shape index (κ1) is 16.8. The summed E-state index contributed by atoms with van der Waals surface area (Å²) in [7, 11) is 1.72. The molecule has 0 amide bonds. The lowest BCUT2D eigenvalue weighted by atomic mass is 10.3. The van der Waals surface area contributed by atoms with Crippen LogP contribution in [0.25, 0.3) is 0 Å². The van der Waals surface area contributed by atoms with Gasteiger partial charge in [0.05, 0.1) is 18.9 Å². The molecule has 2 rings (SSSR count). The first-order chi connectivity index (χ1) is 10.1. The standard InChI is InChI=1S/C15H27N3O2S/c1-5-18-6-7-20-13(9-18)15-17-12(10-19-4)14(21-15)8-16-11(2)3/h11,13,16H,5-10H2,1-4H3. The van der Waals surface area contributed by atoms with Crippen LogP contribution in [-0.2, 0) is 22.6 Å². The predicted molar refractivity (Wildman–Crippen MR) is 85.6 cm³/mol. The molecule has 120 valence electrons. The van der Waals surface area contributed by atoms with Gasteiger partial charge in [-0.15, -0.1) is 11.3 Å². The van der Waals surface area contributed by atoms with Crippen molar-refractivity contribution in [1.82, 2.24) is 15.2 Å². The van der Waals surface area contributed by atoms with Gasteiger partial charge in [-0.1, -0.05) is 20.8 Å². The van der Waals surface area contributed by atoms with Gasteiger partial charge in [0.15, 0.2) is 0 Å². The van der Waals surface area contributed by atoms with E-state index in [0.717, 1.165) is 43.5 Å². The second-order valence-corrected chi connectivity index (χ2v) is 6.76. The Kier molecular flexibility index (Phi) is 6.57. The first-order valence-corrected chi connectivity index (χ1v) is 8.50. The van der Waals surface area contributed by atoms with Crippen LogP contribution in [0.15, 0.2) is 0 Å². The van der Waals surface area contributed by atoms with Gasteiger partial charge in [-0.2, -0.15) is 0 Å². The van der Waals surface area contributed by atoms with Crippen LogP contribution in [0.2, 0.25) is 0 Å². The van der Waals surface area contributed by atoms with E-state index in [4.69, 9.17) is 14.5 Å². The third kappa shape index (κ3) is 4.72. The number of morpholine rings is 1. The van der Waals surface area contributed by atoms with E-state index in [9.17, 15) is 0 Å². The Morgan fingerprint density at radius 1 is 1.52 bits per heavy atom. The average molecular weight is 313 g/mol. The van der Waals surface area contributed by atoms with Gasteiger partial charge < -0.3 is 14.8 Å². The summed E-state index contributed by atoms with van der Waals surface area (Å²) in [6, 6.07) is 0.465. The summed E-state index contributed by atoms with van der Waals surface area (Å²) in [4.78, 5) is 8.45. The lowest BCUT2D eigenvalue weighted by Crippen LogP contribution is -2.38. The molecule has 1 aliphatic rings. The van der Waals surface area contributed by atoms with Crippen LogP contribution in [0, 0.1) is 0 Å². The molecule has 21 heavy (non-hydrogen) atoms. The maximum atomic E-state index is 5.91. The van der Waals surface area contributed by atoms with Crippen LogP contribution < -0.4 is 5.32 Å². The van der Waals surface area contributed by atoms with E-state index in [2.05, 4.69) is 31.0 Å². The van der Waals surface area contributed by atoms with Crippen molar-refractivity contribution in [3.63, 3.8) is 0 Å². The third-order valence-electron chi connectivity index (χ3n) is 3.62. The normalized spacial score (nSPS) is 20.3. The predicted octanol–water partition coefficient (Wildman–Crippen LogP) is 2.18. The molecule has 1 fully saturated rings. The molecule has 0 aromatic carbocycles. The molecule has 1 unspecified atom stereocenters. The highest BCUT2D eigenvalue weighted by molar-refractivity contribution is 7.11. The molecule has 2 heterocycles. The van der Waals surface area contributed by atoms with Crippen molar-refractivity contribution in [3.8, 4) is 0 Å². The fourth-order valence-electron chi connectivity index (χ4n) is 2.36. The SMILES string of the molecule is CCN1CCOC(c2nc(COC)c(CNC(C)C)s2)C1. The number of thiazole rings is 1. The van der Waals surface area contributed by atoms with E-state index < -0.39 is 0 Å². The summed E-state index contributed by atoms with van der Waals surface area (Å²) < 4.78 is 11.2. The Balaban J connectivity index is 2.10. The maximum Gasteiger partial charge on any atom is 0.124 e. The van der Waals surface area contributed by atoms with Crippen LogP contribution in [0.1, 0.15) is 42.5 Å². The van der Waals surface area contributed by atoms with Gasteiger partial charge in [0.2, 0.25) is 0 Å². The average Bonchev–Trinajstić information content (AvgIpc) is 2.89. The molecule has 0 bridgehead atoms. The van der Waals surface area contributed by atoms with Gasteiger partial charge in [0.25, 0.3) is 0 Å². The molecule has 5 nitrogen and oxygen atoms in total. The van der Waals surface area contributed by atoms with Crippen molar-refractivity contribution in [3.05, 3.63) is 15.6 Å². The number of likely N-dealkylation sites (N-methyl/N-ethyl adjacent to an activating group) is 1. The van der Waals surface area contributed by atoms with Crippen LogP contribution in [0.4, 0.5) is 0 Å². The molecule has 1 aliphatic heterocycles. The zero-order chi connectivity index (χ0) is 15.2. The number of hydrogen-bond acceptors (Lipinski definition) is 6. The second-order valence-electron chi connectivity index (χ2n) is 5.64. The van der Waals surface area contributed by atoms with E-state index >= 15 is 0 Å². The van der Waals surface area contributed by atoms with Crippen LogP contribution in [-0.4, -0.2) is 49.3 Å². The van der Waals surface area contributed by atoms with Crippen LogP contribution >= 0.6 is 11.3 Å². The second kappa shape index (κ2) is 8.19. The Morgan fingerprint density at radius 2 is 2.33 bits per heavy atom. The van der Waals surface area contributed by atoms with E-state index in [1.54, 1.807) is 18.4 Å². The minimum absolute atomic E-state index is 0.104. The van der Waals surface area contributed by atoms with Gasteiger partial charge in [0, 0.05) is 37.7 Å². The molecule has 6 heteroatoms. The Morgan fingerprint density at radius 3 is 3.00 bits per heavy atom. The molecule has 0 saturated carbocycles. The highest BCUT2D eigenvalue weighted by Gasteiger charge is 2.25. The number of rotatable bonds is 7. The topological polar surface area (TPSA) is 46.6 Å². The Hall–Kier alpha value is -0.530. The van der Waals surface area contributed by atoms with Crippen molar-refractivity contribution >= 4 is 11.3 Å². The number of nitrogens with one attached hydrogen (secondary N) is 1. The van der Waals surface area contributed by atoms with E-state index in [1.165, 1.54) is 4.88 Å². The van der Waals surface area contributed by atoms with E-state index in [0.29, 0.717) is 12.6 Å². The van der Waals surface area contributed by atoms with Gasteiger partial charge >= 0.3 is 0 Å². The number of ether oxygens (including phenoxy) is 2. The van der Waals surface area contributed by atoms with Crippen LogP contribution in [0.3, 0.4) is 0 Å². The largest absolute Gasteiger partial charge is 0.378 e. The molecule has 1 atom stereocenters. The minimum Gasteiger partial charge on any atom is -0.378 e. The Bertz CT molecular complexity index is 437. The number of nitrogens with zero attached hydrogens (tertiary/aromatic N) is 2. The molecule has 1 aromatic rings. The number of aromatic nitrogens is 1. The fourth-order valence-corrected chi connectivity index (χ4v) is 3.42. The third-order valence-corrected chi connectivity index (χ3v) is 4.81. The quantitative estimate of drug-likeness (QED) is 0.836. The summed E-state index contributed by atoms with van der Waals surface area (Å²) in [6.45, 7) is 11.7. The highest BCUT2D eigenvalue weighted by atomic mass is 32.1. The molecule has 0 aliphatic carbocycles. The van der Waals surface area contributed by atoms with Gasteiger partial charge in [-0.3, -0.25) is 4.90 Å². The lowest BCUT2D eigenvalue weighted by molar-refractivity contribution is -0.0283. The van der Waals surface area contributed by atoms with Crippen LogP contribution in [0.5, 0.6) is 0 Å². The van der Waals surface area contributed by atoms with Gasteiger partial charge in [-0.05, 0) is 6.54 Å². The monoisotopic (exact) mass is 313 g/mol. The minimum atomic E-state index is 0.104. The van der Waals surface area contributed by atoms with Gasteiger partial charge in [0.1, 0.15) is 11.1 Å². The number of methoxy groups -OCH3 is 1. The molecule has 1 saturated heterocycles. The molecular formula is C15H27N3O2S. The molecule has 1 aromatic heterocycles. The summed E-state index contributed by atoms with van der Waals surface area (Å²) in [5.41, 5.74) is 1.04. The van der Waals surface area contributed by atoms with Crippen molar-refractivity contribution in [2.75, 3.05) is 33.4 Å². The zero-order valence-corrected chi connectivity index (χ0v) is 14.3. The number of hydrogen-bond donors (Lipinski definition) is 1. The van der Waals surface area contributed by atoms with E-state index in [1.807, 2.05) is 0 Å². The van der Waals surface area contributed by atoms with Crippen molar-refractivity contribution in [2.24, 2.45) is 0 Å². The highest BCUT2D eigenvalue weighted by Crippen LogP contribution is 2.29. The van der Waals surface area contributed by atoms with E-state index in [-0.39, 0.29) is 6.10 Å². The van der Waals surface area contributed by atoms with Crippen molar-refractivity contribution in [2.45, 2.75) is 46.1 Å². The smallest absolute Gasteiger partial charge is 0.124 e. The maximum absolute atomic E-state index is 5.91. The molecule has 0 radical (unpaired) electrons. The lowest BCUT2D eigenvalue weighted by Gasteiger charge is -2.30.